The highest BCUT2D eigenvalue weighted by atomic mass is 16.4. The number of rotatable bonds is 3. The maximum atomic E-state index is 11.7. The minimum atomic E-state index is -1.45. The van der Waals surface area contributed by atoms with Crippen molar-refractivity contribution in [3.63, 3.8) is 0 Å². The summed E-state index contributed by atoms with van der Waals surface area (Å²) >= 11 is 0. The lowest BCUT2D eigenvalue weighted by molar-refractivity contribution is -0.170. The average Bonchev–Trinajstić information content (AvgIpc) is 2.81. The normalized spacial score (nSPS) is 29.0. The summed E-state index contributed by atoms with van der Waals surface area (Å²) in [5.74, 6) is -3.51. The monoisotopic (exact) mass is 256 g/mol. The quantitative estimate of drug-likeness (QED) is 0.603. The Labute approximate surface area is 102 Å². The van der Waals surface area contributed by atoms with Crippen LogP contribution in [-0.2, 0) is 19.2 Å². The molecule has 8 heteroatoms. The van der Waals surface area contributed by atoms with E-state index in [1.54, 1.807) is 0 Å². The Hall–Kier alpha value is -1.96. The summed E-state index contributed by atoms with van der Waals surface area (Å²) in [5, 5.41) is 20.0. The van der Waals surface area contributed by atoms with Gasteiger partial charge in [-0.3, -0.25) is 14.6 Å². The van der Waals surface area contributed by atoms with E-state index >= 15 is 0 Å². The van der Waals surface area contributed by atoms with Gasteiger partial charge in [-0.15, -0.1) is 0 Å². The number of hydrogen-bond donors (Lipinski definition) is 2. The second-order valence-electron chi connectivity index (χ2n) is 4.25. The molecule has 0 aromatic carbocycles. The van der Waals surface area contributed by atoms with E-state index in [4.69, 9.17) is 10.2 Å². The molecular formula is C10H12N2O6. The molecule has 2 aliphatic rings. The Bertz CT molecular complexity index is 434. The van der Waals surface area contributed by atoms with E-state index in [0.717, 1.165) is 10.0 Å². The van der Waals surface area contributed by atoms with E-state index in [2.05, 4.69) is 0 Å². The molecule has 1 amide bonds. The van der Waals surface area contributed by atoms with E-state index in [-0.39, 0.29) is 25.8 Å². The van der Waals surface area contributed by atoms with Gasteiger partial charge in [0.2, 0.25) is 5.91 Å². The van der Waals surface area contributed by atoms with Gasteiger partial charge in [-0.1, -0.05) is 0 Å². The highest BCUT2D eigenvalue weighted by molar-refractivity contribution is 6.04. The summed E-state index contributed by atoms with van der Waals surface area (Å²) in [6, 6.07) is -2.53. The van der Waals surface area contributed by atoms with Crippen LogP contribution >= 0.6 is 0 Å². The fraction of sp³-hybridized carbons (Fsp3) is 0.600. The van der Waals surface area contributed by atoms with Gasteiger partial charge in [-0.05, 0) is 6.42 Å². The van der Waals surface area contributed by atoms with Crippen LogP contribution in [0.5, 0.6) is 0 Å². The molecule has 18 heavy (non-hydrogen) atoms. The molecule has 2 rings (SSSR count). The summed E-state index contributed by atoms with van der Waals surface area (Å²) in [4.78, 5) is 45.2. The number of aliphatic carboxylic acids is 2. The molecule has 2 atom stereocenters. The number of ketones is 1. The summed E-state index contributed by atoms with van der Waals surface area (Å²) < 4.78 is 0. The standard InChI is InChI=1S/C10H12N2O6/c13-6-3-4-11(8(6)10(17)18)12-5(9(15)16)1-2-7(12)14/h5,8H,1-4H2,(H,15,16)(H,17,18)/t5-,8-/m0/s1. The summed E-state index contributed by atoms with van der Waals surface area (Å²) in [6.07, 6.45) is 0.187. The van der Waals surface area contributed by atoms with Crippen molar-refractivity contribution < 1.29 is 29.4 Å². The molecule has 0 saturated carbocycles. The molecule has 2 N–H and O–H groups in total. The first-order chi connectivity index (χ1) is 8.43. The zero-order valence-corrected chi connectivity index (χ0v) is 9.40. The molecular weight excluding hydrogens is 244 g/mol. The van der Waals surface area contributed by atoms with Crippen molar-refractivity contribution in [2.75, 3.05) is 6.54 Å². The van der Waals surface area contributed by atoms with Crippen LogP contribution in [0.3, 0.4) is 0 Å². The van der Waals surface area contributed by atoms with Gasteiger partial charge in [-0.25, -0.2) is 9.59 Å². The van der Waals surface area contributed by atoms with E-state index < -0.39 is 35.7 Å². The van der Waals surface area contributed by atoms with E-state index in [1.165, 1.54) is 0 Å². The third-order valence-corrected chi connectivity index (χ3v) is 3.17. The highest BCUT2D eigenvalue weighted by Crippen LogP contribution is 2.26. The van der Waals surface area contributed by atoms with Crippen LogP contribution in [-0.4, -0.2) is 62.5 Å². The minimum absolute atomic E-state index is 0.00703. The fourth-order valence-electron chi connectivity index (χ4n) is 2.38. The summed E-state index contributed by atoms with van der Waals surface area (Å²) in [5.41, 5.74) is 0. The summed E-state index contributed by atoms with van der Waals surface area (Å²) in [6.45, 7) is 0.0608. The number of carbonyl (C=O) groups is 4. The van der Waals surface area contributed by atoms with Crippen LogP contribution in [0.4, 0.5) is 0 Å². The third kappa shape index (κ3) is 1.84. The first-order valence-corrected chi connectivity index (χ1v) is 5.50. The highest BCUT2D eigenvalue weighted by Gasteiger charge is 2.48. The lowest BCUT2D eigenvalue weighted by Gasteiger charge is -2.33. The second-order valence-corrected chi connectivity index (χ2v) is 4.25. The minimum Gasteiger partial charge on any atom is -0.480 e. The van der Waals surface area contributed by atoms with Gasteiger partial charge in [0, 0.05) is 19.4 Å². The predicted octanol–water partition coefficient (Wildman–Crippen LogP) is -1.29. The molecule has 2 aliphatic heterocycles. The average molecular weight is 256 g/mol. The van der Waals surface area contributed by atoms with Crippen molar-refractivity contribution in [1.82, 2.24) is 10.0 Å². The molecule has 0 unspecified atom stereocenters. The van der Waals surface area contributed by atoms with Gasteiger partial charge in [0.05, 0.1) is 0 Å². The molecule has 98 valence electrons. The maximum Gasteiger partial charge on any atom is 0.330 e. The first-order valence-electron chi connectivity index (χ1n) is 5.50. The number of amides is 1. The lowest BCUT2D eigenvalue weighted by Crippen LogP contribution is -2.55. The Morgan fingerprint density at radius 2 is 1.78 bits per heavy atom. The largest absolute Gasteiger partial charge is 0.480 e. The van der Waals surface area contributed by atoms with Gasteiger partial charge < -0.3 is 10.2 Å². The Kier molecular flexibility index (Phi) is 3.04. The fourth-order valence-corrected chi connectivity index (χ4v) is 2.38. The number of nitrogens with zero attached hydrogens (tertiary/aromatic N) is 2. The molecule has 2 heterocycles. The van der Waals surface area contributed by atoms with Gasteiger partial charge in [0.15, 0.2) is 11.8 Å². The van der Waals surface area contributed by atoms with Gasteiger partial charge in [-0.2, -0.15) is 5.01 Å². The smallest absolute Gasteiger partial charge is 0.330 e. The van der Waals surface area contributed by atoms with Crippen molar-refractivity contribution in [2.24, 2.45) is 0 Å². The van der Waals surface area contributed by atoms with Crippen molar-refractivity contribution >= 4 is 23.6 Å². The number of Topliss-reactive ketones (excluding diaryl/α,β-unsaturated/α-hetero) is 1. The third-order valence-electron chi connectivity index (χ3n) is 3.17. The van der Waals surface area contributed by atoms with Gasteiger partial charge in [0.25, 0.3) is 0 Å². The SMILES string of the molecule is O=C(O)[C@@H]1C(=O)CCN1N1C(=O)CC[C@H]1C(=O)O. The number of hydrazine groups is 1. The van der Waals surface area contributed by atoms with Crippen LogP contribution in [0, 0.1) is 0 Å². The van der Waals surface area contributed by atoms with Crippen LogP contribution < -0.4 is 0 Å². The number of carboxylic acids is 2. The van der Waals surface area contributed by atoms with Crippen molar-refractivity contribution in [1.29, 1.82) is 0 Å². The van der Waals surface area contributed by atoms with Gasteiger partial charge >= 0.3 is 11.9 Å². The van der Waals surface area contributed by atoms with E-state index in [1.807, 2.05) is 0 Å². The van der Waals surface area contributed by atoms with Crippen molar-refractivity contribution in [2.45, 2.75) is 31.3 Å². The van der Waals surface area contributed by atoms with E-state index in [9.17, 15) is 19.2 Å². The van der Waals surface area contributed by atoms with Crippen molar-refractivity contribution in [3.05, 3.63) is 0 Å². The molecule has 0 radical (unpaired) electrons. The number of carboxylic acid groups (broad SMARTS) is 2. The maximum absolute atomic E-state index is 11.7. The topological polar surface area (TPSA) is 115 Å². The lowest BCUT2D eigenvalue weighted by atomic mass is 10.2. The second kappa shape index (κ2) is 4.37. The zero-order chi connectivity index (χ0) is 13.4. The van der Waals surface area contributed by atoms with Crippen LogP contribution in [0.15, 0.2) is 0 Å². The predicted molar refractivity (Wildman–Crippen MR) is 55.3 cm³/mol. The Morgan fingerprint density at radius 1 is 1.11 bits per heavy atom. The molecule has 0 aromatic heterocycles. The molecule has 8 nitrogen and oxygen atoms in total. The van der Waals surface area contributed by atoms with Crippen molar-refractivity contribution in [3.8, 4) is 0 Å². The number of carbonyl (C=O) groups excluding carboxylic acids is 2. The van der Waals surface area contributed by atoms with E-state index in [0.29, 0.717) is 0 Å². The van der Waals surface area contributed by atoms with Crippen LogP contribution in [0.25, 0.3) is 0 Å². The van der Waals surface area contributed by atoms with Crippen LogP contribution in [0.2, 0.25) is 0 Å². The molecule has 2 saturated heterocycles. The number of hydrogen-bond acceptors (Lipinski definition) is 5. The first kappa shape index (κ1) is 12.5. The zero-order valence-electron chi connectivity index (χ0n) is 9.40. The Morgan fingerprint density at radius 3 is 2.33 bits per heavy atom. The molecule has 0 bridgehead atoms. The molecule has 0 aromatic rings. The Balaban J connectivity index is 2.29. The molecule has 0 spiro atoms. The van der Waals surface area contributed by atoms with Gasteiger partial charge in [0.1, 0.15) is 6.04 Å². The summed E-state index contributed by atoms with van der Waals surface area (Å²) in [7, 11) is 0. The molecule has 2 fully saturated rings. The molecule has 0 aliphatic carbocycles. The van der Waals surface area contributed by atoms with Crippen LogP contribution in [0.1, 0.15) is 19.3 Å².